The number of likely N-dealkylation sites (tertiary alicyclic amines) is 1. The third kappa shape index (κ3) is 4.08. The Morgan fingerprint density at radius 1 is 1.13 bits per heavy atom. The molecule has 31 heavy (non-hydrogen) atoms. The van der Waals surface area contributed by atoms with Gasteiger partial charge in [-0.3, -0.25) is 9.59 Å². The minimum atomic E-state index is -0.386. The Labute approximate surface area is 184 Å². The lowest BCUT2D eigenvalue weighted by atomic mass is 9.74. The van der Waals surface area contributed by atoms with Gasteiger partial charge in [0, 0.05) is 48.0 Å². The Hall–Kier alpha value is -2.76. The van der Waals surface area contributed by atoms with Gasteiger partial charge < -0.3 is 19.7 Å². The van der Waals surface area contributed by atoms with E-state index < -0.39 is 0 Å². The Morgan fingerprint density at radius 3 is 2.61 bits per heavy atom. The number of ether oxygens (including phenoxy) is 2. The van der Waals surface area contributed by atoms with E-state index in [0.717, 1.165) is 67.7 Å². The molecular weight excluding hydrogens is 392 g/mol. The van der Waals surface area contributed by atoms with Crippen LogP contribution in [0.4, 0.5) is 0 Å². The second kappa shape index (κ2) is 9.16. The van der Waals surface area contributed by atoms with Gasteiger partial charge in [-0.05, 0) is 63.6 Å². The number of rotatable bonds is 5. The summed E-state index contributed by atoms with van der Waals surface area (Å²) in [5.41, 5.74) is 4.12. The molecule has 2 heterocycles. The van der Waals surface area contributed by atoms with E-state index in [0.29, 0.717) is 30.1 Å². The van der Waals surface area contributed by atoms with Gasteiger partial charge in [-0.2, -0.15) is 0 Å². The normalized spacial score (nSPS) is 21.6. The van der Waals surface area contributed by atoms with Gasteiger partial charge in [0.1, 0.15) is 0 Å². The zero-order valence-electron chi connectivity index (χ0n) is 18.8. The van der Waals surface area contributed by atoms with Crippen molar-refractivity contribution in [2.24, 2.45) is 0 Å². The molecule has 166 valence electrons. The highest BCUT2D eigenvalue weighted by atomic mass is 16.5. The van der Waals surface area contributed by atoms with E-state index in [9.17, 15) is 9.59 Å². The van der Waals surface area contributed by atoms with E-state index in [2.05, 4.69) is 5.32 Å². The zero-order chi connectivity index (χ0) is 22.0. The highest BCUT2D eigenvalue weighted by Crippen LogP contribution is 2.44. The highest BCUT2D eigenvalue weighted by molar-refractivity contribution is 6.05. The maximum absolute atomic E-state index is 13.7. The standard InChI is InChI=1S/C25H32N2O4/c1-4-31-20-12-11-17(15-21(20)30-3)23-22(25(29)27-13-6-5-7-14-27)16(2)26-18-9-8-10-19(28)24(18)23/h11-12,15,23,26H,4-10,13-14H2,1-3H3/t23-/m0/s1. The average Bonchev–Trinajstić information content (AvgIpc) is 2.79. The number of amides is 1. The molecule has 0 spiro atoms. The van der Waals surface area contributed by atoms with Crippen LogP contribution >= 0.6 is 0 Å². The average molecular weight is 425 g/mol. The Kier molecular flexibility index (Phi) is 6.35. The Bertz CT molecular complexity index is 941. The van der Waals surface area contributed by atoms with E-state index in [1.165, 1.54) is 0 Å². The van der Waals surface area contributed by atoms with Gasteiger partial charge in [-0.25, -0.2) is 0 Å². The summed E-state index contributed by atoms with van der Waals surface area (Å²) in [5, 5.41) is 3.41. The maximum atomic E-state index is 13.7. The summed E-state index contributed by atoms with van der Waals surface area (Å²) in [6, 6.07) is 5.77. The van der Waals surface area contributed by atoms with Crippen LogP contribution in [0.1, 0.15) is 63.9 Å². The molecule has 1 aliphatic carbocycles. The second-order valence-electron chi connectivity index (χ2n) is 8.46. The van der Waals surface area contributed by atoms with Crippen molar-refractivity contribution in [2.75, 3.05) is 26.8 Å². The van der Waals surface area contributed by atoms with Gasteiger partial charge >= 0.3 is 0 Å². The number of nitrogens with one attached hydrogen (secondary N) is 1. The van der Waals surface area contributed by atoms with Crippen molar-refractivity contribution in [2.45, 2.75) is 58.3 Å². The topological polar surface area (TPSA) is 67.9 Å². The first kappa shape index (κ1) is 21.5. The molecule has 1 fully saturated rings. The van der Waals surface area contributed by atoms with Crippen LogP contribution in [0, 0.1) is 0 Å². The minimum absolute atomic E-state index is 0.0347. The molecule has 6 nitrogen and oxygen atoms in total. The minimum Gasteiger partial charge on any atom is -0.493 e. The van der Waals surface area contributed by atoms with E-state index in [-0.39, 0.29) is 17.6 Å². The monoisotopic (exact) mass is 424 g/mol. The maximum Gasteiger partial charge on any atom is 0.252 e. The van der Waals surface area contributed by atoms with Gasteiger partial charge in [0.05, 0.1) is 13.7 Å². The predicted molar refractivity (Wildman–Crippen MR) is 119 cm³/mol. The van der Waals surface area contributed by atoms with E-state index in [1.54, 1.807) is 7.11 Å². The number of piperidine rings is 1. The molecule has 6 heteroatoms. The van der Waals surface area contributed by atoms with Gasteiger partial charge in [0.25, 0.3) is 5.91 Å². The van der Waals surface area contributed by atoms with Gasteiger partial charge in [0.15, 0.2) is 17.3 Å². The lowest BCUT2D eigenvalue weighted by molar-refractivity contribution is -0.128. The van der Waals surface area contributed by atoms with Crippen molar-refractivity contribution in [3.63, 3.8) is 0 Å². The summed E-state index contributed by atoms with van der Waals surface area (Å²) in [4.78, 5) is 28.7. The van der Waals surface area contributed by atoms with Crippen LogP contribution in [0.5, 0.6) is 11.5 Å². The molecule has 2 aliphatic heterocycles. The molecule has 1 N–H and O–H groups in total. The van der Waals surface area contributed by atoms with Gasteiger partial charge in [-0.15, -0.1) is 0 Å². The number of ketones is 1. The van der Waals surface area contributed by atoms with E-state index in [1.807, 2.05) is 36.9 Å². The van der Waals surface area contributed by atoms with Crippen molar-refractivity contribution < 1.29 is 19.1 Å². The second-order valence-corrected chi connectivity index (χ2v) is 8.46. The molecule has 1 aromatic rings. The van der Waals surface area contributed by atoms with Crippen LogP contribution in [0.25, 0.3) is 0 Å². The Morgan fingerprint density at radius 2 is 1.90 bits per heavy atom. The molecule has 1 saturated heterocycles. The number of allylic oxidation sites excluding steroid dienone is 3. The summed E-state index contributed by atoms with van der Waals surface area (Å²) in [5.74, 6) is 1.06. The molecule has 1 amide bonds. The van der Waals surface area contributed by atoms with E-state index in [4.69, 9.17) is 9.47 Å². The van der Waals surface area contributed by atoms with Gasteiger partial charge in [-0.1, -0.05) is 6.07 Å². The fourth-order valence-electron chi connectivity index (χ4n) is 5.01. The van der Waals surface area contributed by atoms with Crippen molar-refractivity contribution in [1.29, 1.82) is 0 Å². The number of carbonyl (C=O) groups is 2. The van der Waals surface area contributed by atoms with Crippen molar-refractivity contribution >= 4 is 11.7 Å². The molecule has 0 bridgehead atoms. The molecule has 4 rings (SSSR count). The number of dihydropyridines is 1. The fourth-order valence-corrected chi connectivity index (χ4v) is 5.01. The summed E-state index contributed by atoms with van der Waals surface area (Å²) < 4.78 is 11.3. The Balaban J connectivity index is 1.82. The number of carbonyl (C=O) groups excluding carboxylic acids is 2. The number of benzene rings is 1. The lowest BCUT2D eigenvalue weighted by Gasteiger charge is -2.37. The molecule has 0 saturated carbocycles. The molecular formula is C25H32N2O4. The summed E-state index contributed by atoms with van der Waals surface area (Å²) >= 11 is 0. The van der Waals surface area contributed by atoms with Crippen LogP contribution in [-0.2, 0) is 9.59 Å². The number of nitrogens with zero attached hydrogens (tertiary/aromatic N) is 1. The van der Waals surface area contributed by atoms with Crippen LogP contribution in [0.2, 0.25) is 0 Å². The fraction of sp³-hybridized carbons (Fsp3) is 0.520. The lowest BCUT2D eigenvalue weighted by Crippen LogP contribution is -2.42. The van der Waals surface area contributed by atoms with Crippen molar-refractivity contribution in [1.82, 2.24) is 10.2 Å². The number of hydrogen-bond acceptors (Lipinski definition) is 5. The third-order valence-corrected chi connectivity index (χ3v) is 6.47. The number of Topliss-reactive ketones (excluding diaryl/α,β-unsaturated/α-hetero) is 1. The largest absolute Gasteiger partial charge is 0.493 e. The van der Waals surface area contributed by atoms with Crippen LogP contribution in [0.3, 0.4) is 0 Å². The van der Waals surface area contributed by atoms with Crippen molar-refractivity contribution in [3.05, 3.63) is 46.3 Å². The van der Waals surface area contributed by atoms with Gasteiger partial charge in [0.2, 0.25) is 0 Å². The smallest absolute Gasteiger partial charge is 0.252 e. The highest BCUT2D eigenvalue weighted by Gasteiger charge is 2.40. The molecule has 1 atom stereocenters. The summed E-state index contributed by atoms with van der Waals surface area (Å²) in [6.07, 6.45) is 5.41. The van der Waals surface area contributed by atoms with Crippen LogP contribution in [0.15, 0.2) is 40.7 Å². The van der Waals surface area contributed by atoms with Crippen LogP contribution < -0.4 is 14.8 Å². The van der Waals surface area contributed by atoms with E-state index >= 15 is 0 Å². The first-order valence-corrected chi connectivity index (χ1v) is 11.4. The van der Waals surface area contributed by atoms with Crippen molar-refractivity contribution in [3.8, 4) is 11.5 Å². The molecule has 0 radical (unpaired) electrons. The summed E-state index contributed by atoms with van der Waals surface area (Å²) in [7, 11) is 1.61. The SMILES string of the molecule is CCOc1ccc([C@H]2C(C(=O)N3CCCCC3)=C(C)NC3=C2C(=O)CCC3)cc1OC. The first-order chi connectivity index (χ1) is 15.0. The van der Waals surface area contributed by atoms with Crippen LogP contribution in [-0.4, -0.2) is 43.4 Å². The zero-order valence-corrected chi connectivity index (χ0v) is 18.8. The molecule has 1 aromatic carbocycles. The molecule has 3 aliphatic rings. The molecule has 0 aromatic heterocycles. The third-order valence-electron chi connectivity index (χ3n) is 6.47. The number of hydrogen-bond donors (Lipinski definition) is 1. The quantitative estimate of drug-likeness (QED) is 0.772. The predicted octanol–water partition coefficient (Wildman–Crippen LogP) is 4.07. The molecule has 0 unspecified atom stereocenters. The summed E-state index contributed by atoms with van der Waals surface area (Å²) in [6.45, 7) is 5.97. The number of methoxy groups -OCH3 is 1. The first-order valence-electron chi connectivity index (χ1n) is 11.4.